The van der Waals surface area contributed by atoms with Crippen molar-refractivity contribution in [3.63, 3.8) is 0 Å². The molecule has 2 N–H and O–H groups in total. The fourth-order valence-corrected chi connectivity index (χ4v) is 2.05. The molecule has 0 bridgehead atoms. The largest absolute Gasteiger partial charge is 0.484 e. The van der Waals surface area contributed by atoms with Crippen molar-refractivity contribution in [2.45, 2.75) is 33.0 Å². The minimum absolute atomic E-state index is 0.204. The summed E-state index contributed by atoms with van der Waals surface area (Å²) in [5, 5.41) is 6.21. The summed E-state index contributed by atoms with van der Waals surface area (Å²) in [5.41, 5.74) is 0.625. The van der Waals surface area contributed by atoms with Gasteiger partial charge in [-0.1, -0.05) is 32.0 Å². The molecule has 0 aliphatic carbocycles. The second-order valence-electron chi connectivity index (χ2n) is 6.19. The van der Waals surface area contributed by atoms with Crippen molar-refractivity contribution in [1.82, 2.24) is 10.6 Å². The van der Waals surface area contributed by atoms with Crippen molar-refractivity contribution in [2.24, 2.45) is 10.9 Å². The van der Waals surface area contributed by atoms with Gasteiger partial charge in [0.05, 0.1) is 0 Å². The number of nitrogens with zero attached hydrogens (tertiary/aromatic N) is 1. The van der Waals surface area contributed by atoms with Crippen LogP contribution in [0.25, 0.3) is 0 Å². The third kappa shape index (κ3) is 10.1. The predicted octanol–water partition coefficient (Wildman–Crippen LogP) is 3.36. The number of hydrogen-bond acceptors (Lipinski definition) is 3. The Labute approximate surface area is 153 Å². The normalized spacial score (nSPS) is 12.3. The number of hydrogen-bond donors (Lipinski definition) is 2. The number of guanidine groups is 1. The van der Waals surface area contributed by atoms with E-state index < -0.39 is 12.8 Å². The summed E-state index contributed by atoms with van der Waals surface area (Å²) in [5.74, 6) is 1.28. The van der Waals surface area contributed by atoms with Crippen LogP contribution in [-0.2, 0) is 11.3 Å². The predicted molar refractivity (Wildman–Crippen MR) is 96.5 cm³/mol. The van der Waals surface area contributed by atoms with Crippen molar-refractivity contribution >= 4 is 5.96 Å². The molecule has 0 aromatic heterocycles. The highest BCUT2D eigenvalue weighted by Gasteiger charge is 2.28. The van der Waals surface area contributed by atoms with E-state index in [0.717, 1.165) is 13.0 Å². The minimum Gasteiger partial charge on any atom is -0.484 e. The van der Waals surface area contributed by atoms with Crippen molar-refractivity contribution in [3.05, 3.63) is 29.8 Å². The SMILES string of the molecule is CN=C(NCCCOCC(C)C)NCc1ccccc1OCC(F)(F)F. The zero-order chi connectivity index (χ0) is 19.4. The fourth-order valence-electron chi connectivity index (χ4n) is 2.05. The van der Waals surface area contributed by atoms with Crippen molar-refractivity contribution < 1.29 is 22.6 Å². The summed E-state index contributed by atoms with van der Waals surface area (Å²) in [7, 11) is 1.64. The van der Waals surface area contributed by atoms with Gasteiger partial charge in [0.2, 0.25) is 0 Å². The monoisotopic (exact) mass is 375 g/mol. The number of aliphatic imine (C=N–C) groups is 1. The Balaban J connectivity index is 2.39. The number of alkyl halides is 3. The Morgan fingerprint density at radius 1 is 1.19 bits per heavy atom. The molecule has 1 aromatic carbocycles. The molecule has 0 heterocycles. The van der Waals surface area contributed by atoms with Gasteiger partial charge in [-0.15, -0.1) is 0 Å². The van der Waals surface area contributed by atoms with Gasteiger partial charge in [-0.05, 0) is 18.4 Å². The Bertz CT molecular complexity index is 549. The Morgan fingerprint density at radius 3 is 2.58 bits per heavy atom. The van der Waals surface area contributed by atoms with Gasteiger partial charge in [0.1, 0.15) is 5.75 Å². The van der Waals surface area contributed by atoms with E-state index in [1.54, 1.807) is 25.2 Å². The lowest BCUT2D eigenvalue weighted by Gasteiger charge is -2.15. The molecule has 0 atom stereocenters. The maximum Gasteiger partial charge on any atom is 0.422 e. The molecule has 148 valence electrons. The first-order valence-corrected chi connectivity index (χ1v) is 8.61. The van der Waals surface area contributed by atoms with Gasteiger partial charge >= 0.3 is 6.18 Å². The molecule has 0 fully saturated rings. The Morgan fingerprint density at radius 2 is 1.92 bits per heavy atom. The second-order valence-corrected chi connectivity index (χ2v) is 6.19. The number of nitrogens with one attached hydrogen (secondary N) is 2. The molecule has 0 unspecified atom stereocenters. The molecule has 0 spiro atoms. The zero-order valence-corrected chi connectivity index (χ0v) is 15.5. The smallest absolute Gasteiger partial charge is 0.422 e. The van der Waals surface area contributed by atoms with Crippen molar-refractivity contribution in [1.29, 1.82) is 0 Å². The third-order valence-electron chi connectivity index (χ3n) is 3.24. The van der Waals surface area contributed by atoms with Gasteiger partial charge in [-0.2, -0.15) is 13.2 Å². The maximum atomic E-state index is 12.3. The highest BCUT2D eigenvalue weighted by atomic mass is 19.4. The van der Waals surface area contributed by atoms with Crippen LogP contribution in [-0.4, -0.2) is 45.5 Å². The van der Waals surface area contributed by atoms with Crippen LogP contribution in [0.2, 0.25) is 0 Å². The minimum atomic E-state index is -4.37. The standard InChI is InChI=1S/C18H28F3N3O2/c1-14(2)12-25-10-6-9-23-17(22-3)24-11-15-7-4-5-8-16(15)26-13-18(19,20)21/h4-5,7-8,14H,6,9-13H2,1-3H3,(H2,22,23,24). The highest BCUT2D eigenvalue weighted by molar-refractivity contribution is 5.79. The van der Waals surface area contributed by atoms with E-state index in [9.17, 15) is 13.2 Å². The molecular formula is C18H28F3N3O2. The molecule has 8 heteroatoms. The lowest BCUT2D eigenvalue weighted by Crippen LogP contribution is -2.37. The summed E-state index contributed by atoms with van der Waals surface area (Å²) in [6.45, 7) is 5.27. The Kier molecular flexibility index (Phi) is 9.87. The molecule has 0 aliphatic heterocycles. The first-order valence-electron chi connectivity index (χ1n) is 8.61. The third-order valence-corrected chi connectivity index (χ3v) is 3.24. The first-order chi connectivity index (χ1) is 12.3. The van der Waals surface area contributed by atoms with Crippen molar-refractivity contribution in [3.8, 4) is 5.75 Å². The van der Waals surface area contributed by atoms with Gasteiger partial charge < -0.3 is 20.1 Å². The number of benzene rings is 1. The van der Waals surface area contributed by atoms with E-state index in [-0.39, 0.29) is 5.75 Å². The van der Waals surface area contributed by atoms with Crippen LogP contribution in [0.5, 0.6) is 5.75 Å². The maximum absolute atomic E-state index is 12.3. The average Bonchev–Trinajstić information content (AvgIpc) is 2.58. The Hall–Kier alpha value is -1.96. The van der Waals surface area contributed by atoms with Gasteiger partial charge in [0.25, 0.3) is 0 Å². The summed E-state index contributed by atoms with van der Waals surface area (Å²) >= 11 is 0. The van der Waals surface area contributed by atoms with E-state index in [0.29, 0.717) is 37.1 Å². The first kappa shape index (κ1) is 22.1. The fraction of sp³-hybridized carbons (Fsp3) is 0.611. The van der Waals surface area contributed by atoms with Crippen LogP contribution >= 0.6 is 0 Å². The van der Waals surface area contributed by atoms with Crippen LogP contribution in [0.15, 0.2) is 29.3 Å². The zero-order valence-electron chi connectivity index (χ0n) is 15.5. The van der Waals surface area contributed by atoms with Crippen molar-refractivity contribution in [2.75, 3.05) is 33.4 Å². The summed E-state index contributed by atoms with van der Waals surface area (Å²) in [6.07, 6.45) is -3.53. The topological polar surface area (TPSA) is 54.9 Å². The molecule has 1 rings (SSSR count). The van der Waals surface area contributed by atoms with E-state index >= 15 is 0 Å². The molecule has 0 saturated carbocycles. The van der Waals surface area contributed by atoms with E-state index in [1.807, 2.05) is 0 Å². The molecule has 0 amide bonds. The number of para-hydroxylation sites is 1. The van der Waals surface area contributed by atoms with E-state index in [1.165, 1.54) is 6.07 Å². The molecule has 5 nitrogen and oxygen atoms in total. The average molecular weight is 375 g/mol. The van der Waals surface area contributed by atoms with Crippen LogP contribution in [0.3, 0.4) is 0 Å². The van der Waals surface area contributed by atoms with Crippen LogP contribution in [0.1, 0.15) is 25.8 Å². The summed E-state index contributed by atoms with van der Waals surface area (Å²) in [6, 6.07) is 6.62. The van der Waals surface area contributed by atoms with E-state index in [4.69, 9.17) is 9.47 Å². The van der Waals surface area contributed by atoms with Gasteiger partial charge in [0, 0.05) is 38.9 Å². The quantitative estimate of drug-likeness (QED) is 0.374. The molecule has 0 saturated heterocycles. The number of halogens is 3. The van der Waals surface area contributed by atoms with Gasteiger partial charge in [0.15, 0.2) is 12.6 Å². The van der Waals surface area contributed by atoms with Gasteiger partial charge in [-0.3, -0.25) is 4.99 Å². The molecule has 26 heavy (non-hydrogen) atoms. The number of ether oxygens (including phenoxy) is 2. The lowest BCUT2D eigenvalue weighted by atomic mass is 10.2. The van der Waals surface area contributed by atoms with E-state index in [2.05, 4.69) is 29.5 Å². The summed E-state index contributed by atoms with van der Waals surface area (Å²) in [4.78, 5) is 4.10. The molecule has 0 radical (unpaired) electrons. The highest BCUT2D eigenvalue weighted by Crippen LogP contribution is 2.21. The van der Waals surface area contributed by atoms with Crippen LogP contribution in [0.4, 0.5) is 13.2 Å². The molecular weight excluding hydrogens is 347 g/mol. The molecule has 1 aromatic rings. The number of rotatable bonds is 10. The van der Waals surface area contributed by atoms with Gasteiger partial charge in [-0.25, -0.2) is 0 Å². The lowest BCUT2D eigenvalue weighted by molar-refractivity contribution is -0.153. The van der Waals surface area contributed by atoms with Crippen LogP contribution < -0.4 is 15.4 Å². The molecule has 0 aliphatic rings. The second kappa shape index (κ2) is 11.6. The summed E-state index contributed by atoms with van der Waals surface area (Å²) < 4.78 is 47.4. The van der Waals surface area contributed by atoms with Crippen LogP contribution in [0, 0.1) is 5.92 Å².